The number of rotatable bonds is 4. The molecule has 0 unspecified atom stereocenters. The quantitative estimate of drug-likeness (QED) is 0.568. The van der Waals surface area contributed by atoms with Gasteiger partial charge in [-0.2, -0.15) is 0 Å². The van der Waals surface area contributed by atoms with Crippen LogP contribution in [0.3, 0.4) is 0 Å². The molecule has 0 saturated carbocycles. The van der Waals surface area contributed by atoms with Gasteiger partial charge in [0.1, 0.15) is 12.1 Å². The van der Waals surface area contributed by atoms with Crippen LogP contribution in [0.15, 0.2) is 73.2 Å². The number of anilines is 2. The summed E-state index contributed by atoms with van der Waals surface area (Å²) in [5.41, 5.74) is 3.71. The largest absolute Gasteiger partial charge is 0.321 e. The van der Waals surface area contributed by atoms with Crippen molar-refractivity contribution in [3.8, 4) is 5.82 Å². The maximum absolute atomic E-state index is 12.7. The van der Waals surface area contributed by atoms with E-state index in [1.165, 1.54) is 0 Å². The van der Waals surface area contributed by atoms with Gasteiger partial charge in [-0.25, -0.2) is 9.97 Å². The lowest BCUT2D eigenvalue weighted by Crippen LogP contribution is -2.24. The molecule has 4 aromatic rings. The molecule has 0 atom stereocenters. The third-order valence-corrected chi connectivity index (χ3v) is 5.20. The van der Waals surface area contributed by atoms with E-state index in [0.29, 0.717) is 24.2 Å². The number of aromatic nitrogens is 3. The van der Waals surface area contributed by atoms with Crippen LogP contribution in [0.2, 0.25) is 0 Å². The summed E-state index contributed by atoms with van der Waals surface area (Å²) in [7, 11) is 0. The second-order valence-electron chi connectivity index (χ2n) is 7.16. The van der Waals surface area contributed by atoms with Crippen LogP contribution < -0.4 is 10.2 Å². The first-order valence-electron chi connectivity index (χ1n) is 9.79. The highest BCUT2D eigenvalue weighted by Crippen LogP contribution is 2.23. The Bertz CT molecular complexity index is 1250. The van der Waals surface area contributed by atoms with E-state index in [1.807, 2.05) is 47.0 Å². The molecular weight excluding hydrogens is 378 g/mol. The maximum Gasteiger partial charge on any atom is 0.255 e. The second kappa shape index (κ2) is 7.44. The predicted molar refractivity (Wildman–Crippen MR) is 115 cm³/mol. The zero-order chi connectivity index (χ0) is 20.5. The van der Waals surface area contributed by atoms with Crippen LogP contribution in [0.5, 0.6) is 0 Å². The van der Waals surface area contributed by atoms with Gasteiger partial charge in [-0.3, -0.25) is 14.2 Å². The number of pyridine rings is 1. The van der Waals surface area contributed by atoms with E-state index in [0.717, 1.165) is 29.0 Å². The zero-order valence-corrected chi connectivity index (χ0v) is 16.2. The summed E-state index contributed by atoms with van der Waals surface area (Å²) in [6, 6.07) is 18.6. The monoisotopic (exact) mass is 397 g/mol. The predicted octanol–water partition coefficient (Wildman–Crippen LogP) is 3.80. The Balaban J connectivity index is 1.34. The van der Waals surface area contributed by atoms with Gasteiger partial charge in [0, 0.05) is 24.2 Å². The molecule has 0 radical (unpaired) electrons. The summed E-state index contributed by atoms with van der Waals surface area (Å²) in [6.07, 6.45) is 4.76. The number of para-hydroxylation sites is 2. The van der Waals surface area contributed by atoms with Crippen molar-refractivity contribution in [2.24, 2.45) is 0 Å². The van der Waals surface area contributed by atoms with E-state index >= 15 is 0 Å². The fraction of sp³-hybridized carbons (Fsp3) is 0.130. The average molecular weight is 397 g/mol. The molecule has 1 N–H and O–H groups in total. The minimum absolute atomic E-state index is 0.0966. The van der Waals surface area contributed by atoms with E-state index in [4.69, 9.17) is 0 Å². The molecule has 148 valence electrons. The van der Waals surface area contributed by atoms with Crippen LogP contribution in [0.25, 0.3) is 16.9 Å². The maximum atomic E-state index is 12.7. The molecule has 1 saturated heterocycles. The van der Waals surface area contributed by atoms with Crippen LogP contribution in [0.4, 0.5) is 11.4 Å². The van der Waals surface area contributed by atoms with Crippen LogP contribution in [0.1, 0.15) is 23.2 Å². The van der Waals surface area contributed by atoms with Crippen molar-refractivity contribution >= 4 is 34.2 Å². The highest BCUT2D eigenvalue weighted by Gasteiger charge is 2.22. The molecule has 7 heteroatoms. The number of nitrogens with zero attached hydrogens (tertiary/aromatic N) is 4. The lowest BCUT2D eigenvalue weighted by Gasteiger charge is -2.16. The molecule has 2 amide bonds. The molecule has 1 fully saturated rings. The van der Waals surface area contributed by atoms with Crippen LogP contribution in [0, 0.1) is 0 Å². The summed E-state index contributed by atoms with van der Waals surface area (Å²) in [5, 5.41) is 2.87. The van der Waals surface area contributed by atoms with Crippen LogP contribution in [-0.2, 0) is 4.79 Å². The molecule has 0 aliphatic carbocycles. The van der Waals surface area contributed by atoms with Gasteiger partial charge in [-0.15, -0.1) is 0 Å². The number of nitrogens with one attached hydrogen (secondary N) is 1. The molecule has 1 aliphatic rings. The third-order valence-electron chi connectivity index (χ3n) is 5.20. The van der Waals surface area contributed by atoms with E-state index in [-0.39, 0.29) is 11.8 Å². The molecule has 30 heavy (non-hydrogen) atoms. The van der Waals surface area contributed by atoms with E-state index in [2.05, 4.69) is 15.3 Å². The Morgan fingerprint density at radius 2 is 1.90 bits per heavy atom. The van der Waals surface area contributed by atoms with Gasteiger partial charge >= 0.3 is 0 Å². The molecular formula is C23H19N5O2. The Kier molecular flexibility index (Phi) is 4.48. The van der Waals surface area contributed by atoms with Crippen LogP contribution in [-0.4, -0.2) is 32.9 Å². The van der Waals surface area contributed by atoms with Gasteiger partial charge in [0.05, 0.1) is 22.9 Å². The molecule has 2 aromatic carbocycles. The van der Waals surface area contributed by atoms with E-state index in [9.17, 15) is 9.59 Å². The summed E-state index contributed by atoms with van der Waals surface area (Å²) in [4.78, 5) is 35.2. The minimum atomic E-state index is -0.244. The number of fused-ring (bicyclic) bond motifs is 1. The third kappa shape index (κ3) is 3.30. The van der Waals surface area contributed by atoms with Crippen molar-refractivity contribution in [2.75, 3.05) is 16.8 Å². The Morgan fingerprint density at radius 1 is 1.00 bits per heavy atom. The smallest absolute Gasteiger partial charge is 0.255 e. The SMILES string of the molecule is O=C(Nc1ccc(-n2cnc3ccccc32)nc1)c1cccc(N2CCCC2=O)c1. The first kappa shape index (κ1) is 18.1. The highest BCUT2D eigenvalue weighted by molar-refractivity contribution is 6.05. The molecule has 7 nitrogen and oxygen atoms in total. The van der Waals surface area contributed by atoms with E-state index < -0.39 is 0 Å². The lowest BCUT2D eigenvalue weighted by molar-refractivity contribution is -0.117. The molecule has 0 spiro atoms. The standard InChI is InChI=1S/C23H19N5O2/c29-22-9-4-12-27(22)18-6-3-5-16(13-18)23(30)26-17-10-11-21(24-14-17)28-15-25-19-7-1-2-8-20(19)28/h1-3,5-8,10-11,13-15H,4,9,12H2,(H,26,30). The first-order valence-corrected chi connectivity index (χ1v) is 9.79. The summed E-state index contributed by atoms with van der Waals surface area (Å²) in [6.45, 7) is 0.693. The average Bonchev–Trinajstić information content (AvgIpc) is 3.41. The fourth-order valence-electron chi connectivity index (χ4n) is 3.68. The number of imidazole rings is 1. The van der Waals surface area contributed by atoms with Gasteiger partial charge in [-0.05, 0) is 48.9 Å². The molecule has 2 aromatic heterocycles. The van der Waals surface area contributed by atoms with Gasteiger partial charge in [0.15, 0.2) is 0 Å². The molecule has 0 bridgehead atoms. The van der Waals surface area contributed by atoms with Gasteiger partial charge in [0.2, 0.25) is 5.91 Å². The number of carbonyl (C=O) groups is 2. The van der Waals surface area contributed by atoms with Crippen molar-refractivity contribution in [1.29, 1.82) is 0 Å². The summed E-state index contributed by atoms with van der Waals surface area (Å²) in [5.74, 6) is 0.571. The van der Waals surface area contributed by atoms with Crippen LogP contribution >= 0.6 is 0 Å². The van der Waals surface area contributed by atoms with Crippen molar-refractivity contribution in [2.45, 2.75) is 12.8 Å². The van der Waals surface area contributed by atoms with Gasteiger partial charge < -0.3 is 10.2 Å². The second-order valence-corrected chi connectivity index (χ2v) is 7.16. The molecule has 5 rings (SSSR count). The van der Waals surface area contributed by atoms with Crippen molar-refractivity contribution in [3.63, 3.8) is 0 Å². The van der Waals surface area contributed by atoms with Gasteiger partial charge in [-0.1, -0.05) is 18.2 Å². The normalized spacial score (nSPS) is 13.7. The number of carbonyl (C=O) groups excluding carboxylic acids is 2. The highest BCUT2D eigenvalue weighted by atomic mass is 16.2. The van der Waals surface area contributed by atoms with Crippen molar-refractivity contribution in [3.05, 3.63) is 78.8 Å². The van der Waals surface area contributed by atoms with Crippen molar-refractivity contribution < 1.29 is 9.59 Å². The lowest BCUT2D eigenvalue weighted by atomic mass is 10.1. The zero-order valence-electron chi connectivity index (χ0n) is 16.2. The molecule has 3 heterocycles. The number of amides is 2. The Morgan fingerprint density at radius 3 is 2.70 bits per heavy atom. The summed E-state index contributed by atoms with van der Waals surface area (Å²) < 4.78 is 1.90. The summed E-state index contributed by atoms with van der Waals surface area (Å²) >= 11 is 0. The van der Waals surface area contributed by atoms with Gasteiger partial charge in [0.25, 0.3) is 5.91 Å². The number of hydrogen-bond acceptors (Lipinski definition) is 4. The Hall–Kier alpha value is -4.00. The van der Waals surface area contributed by atoms with E-state index in [1.54, 1.807) is 35.6 Å². The number of hydrogen-bond donors (Lipinski definition) is 1. The fourth-order valence-corrected chi connectivity index (χ4v) is 3.68. The Labute approximate surface area is 173 Å². The number of benzene rings is 2. The minimum Gasteiger partial charge on any atom is -0.321 e. The first-order chi connectivity index (χ1) is 14.7. The topological polar surface area (TPSA) is 80.1 Å². The van der Waals surface area contributed by atoms with Crippen molar-refractivity contribution in [1.82, 2.24) is 14.5 Å². The molecule has 1 aliphatic heterocycles.